The summed E-state index contributed by atoms with van der Waals surface area (Å²) in [5.41, 5.74) is 13.0. The Morgan fingerprint density at radius 3 is 2.34 bits per heavy atom. The van der Waals surface area contributed by atoms with E-state index < -0.39 is 0 Å². The van der Waals surface area contributed by atoms with Gasteiger partial charge in [0.2, 0.25) is 5.91 Å². The molecule has 6 rings (SSSR count). The monoisotopic (exact) mass is 393 g/mol. The highest BCUT2D eigenvalue weighted by Crippen LogP contribution is 2.59. The van der Waals surface area contributed by atoms with E-state index in [1.165, 1.54) is 0 Å². The van der Waals surface area contributed by atoms with Crippen LogP contribution in [0.3, 0.4) is 0 Å². The van der Waals surface area contributed by atoms with Gasteiger partial charge in [-0.05, 0) is 67.6 Å². The third kappa shape index (κ3) is 3.06. The highest BCUT2D eigenvalue weighted by Gasteiger charge is 2.58. The van der Waals surface area contributed by atoms with Gasteiger partial charge in [-0.1, -0.05) is 24.3 Å². The van der Waals surface area contributed by atoms with Gasteiger partial charge in [-0.3, -0.25) is 9.59 Å². The van der Waals surface area contributed by atoms with Crippen molar-refractivity contribution >= 4 is 11.8 Å². The molecule has 4 fully saturated rings. The molecule has 2 unspecified atom stereocenters. The molecule has 0 aliphatic heterocycles. The number of hydrogen-bond acceptors (Lipinski definition) is 4. The molecule has 2 aromatic rings. The van der Waals surface area contributed by atoms with E-state index >= 15 is 0 Å². The van der Waals surface area contributed by atoms with Crippen LogP contribution in [0.5, 0.6) is 0 Å². The lowest BCUT2D eigenvalue weighted by Gasteiger charge is -2.58. The Bertz CT molecular complexity index is 933. The summed E-state index contributed by atoms with van der Waals surface area (Å²) in [6, 6.07) is 11.5. The molecule has 4 bridgehead atoms. The predicted octanol–water partition coefficient (Wildman–Crippen LogP) is 2.82. The van der Waals surface area contributed by atoms with Crippen molar-refractivity contribution in [3.05, 3.63) is 47.7 Å². The lowest BCUT2D eigenvalue weighted by molar-refractivity contribution is -0.145. The van der Waals surface area contributed by atoms with Crippen molar-refractivity contribution < 1.29 is 14.0 Å². The van der Waals surface area contributed by atoms with E-state index in [0.717, 1.165) is 43.2 Å². The molecule has 4 saturated carbocycles. The molecule has 0 spiro atoms. The smallest absolute Gasteiger partial charge is 0.287 e. The van der Waals surface area contributed by atoms with Crippen LogP contribution < -0.4 is 16.8 Å². The van der Waals surface area contributed by atoms with Crippen molar-refractivity contribution in [1.29, 1.82) is 0 Å². The Labute approximate surface area is 170 Å². The number of nitrogens with one attached hydrogen (secondary N) is 1. The van der Waals surface area contributed by atoms with Crippen LogP contribution in [0.2, 0.25) is 0 Å². The zero-order chi connectivity index (χ0) is 20.2. The molecule has 1 heterocycles. The van der Waals surface area contributed by atoms with Crippen LogP contribution in [-0.4, -0.2) is 17.9 Å². The molecule has 0 saturated heterocycles. The number of primary amides is 1. The van der Waals surface area contributed by atoms with E-state index in [1.807, 2.05) is 30.3 Å². The SMILES string of the molecule is NCc1ccc(-c2ccc(C(=O)NC3C4CC5CC3CC(C(N)=O)(C5)C4)o2)cc1. The molecule has 2 amide bonds. The predicted molar refractivity (Wildman–Crippen MR) is 108 cm³/mol. The van der Waals surface area contributed by atoms with E-state index in [0.29, 0.717) is 35.8 Å². The number of hydrogen-bond donors (Lipinski definition) is 3. The summed E-state index contributed by atoms with van der Waals surface area (Å²) >= 11 is 0. The van der Waals surface area contributed by atoms with Gasteiger partial charge in [-0.2, -0.15) is 0 Å². The first-order chi connectivity index (χ1) is 14.0. The zero-order valence-electron chi connectivity index (χ0n) is 16.4. The fraction of sp³-hybridized carbons (Fsp3) is 0.478. The van der Waals surface area contributed by atoms with Crippen LogP contribution in [-0.2, 0) is 11.3 Å². The summed E-state index contributed by atoms with van der Waals surface area (Å²) < 4.78 is 5.84. The van der Waals surface area contributed by atoms with Gasteiger partial charge < -0.3 is 21.2 Å². The maximum absolute atomic E-state index is 12.9. The number of carbonyl (C=O) groups excluding carboxylic acids is 2. The van der Waals surface area contributed by atoms with Crippen LogP contribution in [0.4, 0.5) is 0 Å². The standard InChI is InChI=1S/C23H27N3O3/c24-12-13-1-3-15(4-2-13)18-5-6-19(29-18)21(27)26-20-16-7-14-8-17(20)11-23(9-14,10-16)22(25)28/h1-6,14,16-17,20H,7-12,24H2,(H2,25,28)(H,26,27). The van der Waals surface area contributed by atoms with Crippen LogP contribution in [0, 0.1) is 23.2 Å². The van der Waals surface area contributed by atoms with E-state index in [4.69, 9.17) is 15.9 Å². The van der Waals surface area contributed by atoms with Crippen LogP contribution in [0.25, 0.3) is 11.3 Å². The highest BCUT2D eigenvalue weighted by atomic mass is 16.3. The van der Waals surface area contributed by atoms with Gasteiger partial charge >= 0.3 is 0 Å². The minimum Gasteiger partial charge on any atom is -0.451 e. The van der Waals surface area contributed by atoms with Gasteiger partial charge in [0.1, 0.15) is 5.76 Å². The van der Waals surface area contributed by atoms with Gasteiger partial charge in [-0.25, -0.2) is 0 Å². The molecule has 1 aromatic carbocycles. The molecule has 152 valence electrons. The highest BCUT2D eigenvalue weighted by molar-refractivity contribution is 5.92. The van der Waals surface area contributed by atoms with Gasteiger partial charge in [0.15, 0.2) is 5.76 Å². The molecule has 4 aliphatic rings. The minimum absolute atomic E-state index is 0.101. The molecular formula is C23H27N3O3. The van der Waals surface area contributed by atoms with Crippen LogP contribution in [0.15, 0.2) is 40.8 Å². The van der Waals surface area contributed by atoms with Gasteiger partial charge in [0.05, 0.1) is 0 Å². The Hall–Kier alpha value is -2.60. The quantitative estimate of drug-likeness (QED) is 0.725. The third-order valence-electron chi connectivity index (χ3n) is 7.40. The van der Waals surface area contributed by atoms with Crippen LogP contribution in [0.1, 0.15) is 48.2 Å². The molecular weight excluding hydrogens is 366 g/mol. The molecule has 1 aromatic heterocycles. The number of amides is 2. The Morgan fingerprint density at radius 2 is 1.72 bits per heavy atom. The molecule has 2 atom stereocenters. The van der Waals surface area contributed by atoms with Crippen molar-refractivity contribution in [2.24, 2.45) is 34.6 Å². The largest absolute Gasteiger partial charge is 0.451 e. The maximum atomic E-state index is 12.9. The number of rotatable bonds is 5. The average molecular weight is 393 g/mol. The van der Waals surface area contributed by atoms with Crippen molar-refractivity contribution in [3.8, 4) is 11.3 Å². The minimum atomic E-state index is -0.342. The molecule has 0 radical (unpaired) electrons. The second-order valence-corrected chi connectivity index (χ2v) is 9.18. The molecule has 6 heteroatoms. The first-order valence-corrected chi connectivity index (χ1v) is 10.5. The summed E-state index contributed by atoms with van der Waals surface area (Å²) in [5.74, 6) is 1.88. The van der Waals surface area contributed by atoms with E-state index in [2.05, 4.69) is 5.32 Å². The first-order valence-electron chi connectivity index (χ1n) is 10.5. The third-order valence-corrected chi connectivity index (χ3v) is 7.40. The Kier molecular flexibility index (Phi) is 4.28. The van der Waals surface area contributed by atoms with E-state index in [-0.39, 0.29) is 23.3 Å². The Morgan fingerprint density at radius 1 is 1.03 bits per heavy atom. The molecule has 4 aliphatic carbocycles. The molecule has 29 heavy (non-hydrogen) atoms. The topological polar surface area (TPSA) is 111 Å². The van der Waals surface area contributed by atoms with Gasteiger partial charge in [0.25, 0.3) is 5.91 Å². The number of carbonyl (C=O) groups is 2. The lowest BCUT2D eigenvalue weighted by Crippen LogP contribution is -2.62. The molecule has 6 nitrogen and oxygen atoms in total. The second-order valence-electron chi connectivity index (χ2n) is 9.18. The van der Waals surface area contributed by atoms with Crippen molar-refractivity contribution in [3.63, 3.8) is 0 Å². The molecule has 5 N–H and O–H groups in total. The number of furan rings is 1. The average Bonchev–Trinajstić information content (AvgIpc) is 3.20. The summed E-state index contributed by atoms with van der Waals surface area (Å²) in [6.45, 7) is 0.494. The summed E-state index contributed by atoms with van der Waals surface area (Å²) in [4.78, 5) is 25.0. The van der Waals surface area contributed by atoms with Crippen LogP contribution >= 0.6 is 0 Å². The maximum Gasteiger partial charge on any atom is 0.287 e. The lowest BCUT2D eigenvalue weighted by atomic mass is 9.47. The van der Waals surface area contributed by atoms with Crippen molar-refractivity contribution in [2.45, 2.75) is 44.7 Å². The first kappa shape index (κ1) is 18.4. The summed E-state index contributed by atoms with van der Waals surface area (Å²) in [7, 11) is 0. The van der Waals surface area contributed by atoms with Crippen molar-refractivity contribution in [1.82, 2.24) is 5.32 Å². The fourth-order valence-electron chi connectivity index (χ4n) is 6.20. The number of benzene rings is 1. The summed E-state index contributed by atoms with van der Waals surface area (Å²) in [5, 5.41) is 3.22. The zero-order valence-corrected chi connectivity index (χ0v) is 16.4. The second kappa shape index (κ2) is 6.73. The van der Waals surface area contributed by atoms with Crippen molar-refractivity contribution in [2.75, 3.05) is 0 Å². The van der Waals surface area contributed by atoms with E-state index in [1.54, 1.807) is 6.07 Å². The van der Waals surface area contributed by atoms with E-state index in [9.17, 15) is 9.59 Å². The van der Waals surface area contributed by atoms with Gasteiger partial charge in [-0.15, -0.1) is 0 Å². The summed E-state index contributed by atoms with van der Waals surface area (Å²) in [6.07, 6.45) is 4.69. The number of nitrogens with two attached hydrogens (primary N) is 2. The fourth-order valence-corrected chi connectivity index (χ4v) is 6.20. The normalized spacial score (nSPS) is 32.3. The Balaban J connectivity index is 1.30. The van der Waals surface area contributed by atoms with Gasteiger partial charge in [0, 0.05) is 23.6 Å².